The lowest BCUT2D eigenvalue weighted by molar-refractivity contribution is -0.133. The monoisotopic (exact) mass is 498 g/mol. The van der Waals surface area contributed by atoms with Gasteiger partial charge < -0.3 is 14.5 Å². The average molecular weight is 499 g/mol. The summed E-state index contributed by atoms with van der Waals surface area (Å²) in [4.78, 5) is 30.4. The van der Waals surface area contributed by atoms with Crippen molar-refractivity contribution in [3.05, 3.63) is 51.3 Å². The number of benzene rings is 1. The van der Waals surface area contributed by atoms with Gasteiger partial charge in [0.25, 0.3) is 5.91 Å². The number of ether oxygens (including phenoxy) is 1. The lowest BCUT2D eigenvalue weighted by Crippen LogP contribution is -2.48. The quantitative estimate of drug-likeness (QED) is 0.639. The SMILES string of the molecule is Cc1cc(C2CCN(C(=O)Cn3nc(C(=O)N4C[C@@H](C)O[C@@H](C)C4)c4c3CCC4)CC2)ccc1Cl. The second-order valence-electron chi connectivity index (χ2n) is 10.4. The largest absolute Gasteiger partial charge is 0.372 e. The van der Waals surface area contributed by atoms with E-state index in [-0.39, 0.29) is 30.6 Å². The first kappa shape index (κ1) is 24.3. The van der Waals surface area contributed by atoms with Crippen molar-refractivity contribution in [1.82, 2.24) is 19.6 Å². The number of rotatable bonds is 4. The van der Waals surface area contributed by atoms with Crippen molar-refractivity contribution < 1.29 is 14.3 Å². The lowest BCUT2D eigenvalue weighted by Gasteiger charge is -2.35. The molecule has 5 rings (SSSR count). The Morgan fingerprint density at radius 3 is 2.49 bits per heavy atom. The van der Waals surface area contributed by atoms with Crippen LogP contribution in [0.4, 0.5) is 0 Å². The van der Waals surface area contributed by atoms with Crippen molar-refractivity contribution in [2.45, 2.75) is 77.5 Å². The van der Waals surface area contributed by atoms with Crippen molar-refractivity contribution in [3.8, 4) is 0 Å². The highest BCUT2D eigenvalue weighted by molar-refractivity contribution is 6.31. The van der Waals surface area contributed by atoms with Crippen LogP contribution < -0.4 is 0 Å². The molecule has 0 unspecified atom stereocenters. The molecule has 2 fully saturated rings. The zero-order chi connectivity index (χ0) is 24.7. The smallest absolute Gasteiger partial charge is 0.274 e. The third-order valence-electron chi connectivity index (χ3n) is 7.70. The van der Waals surface area contributed by atoms with E-state index >= 15 is 0 Å². The molecule has 1 aromatic heterocycles. The van der Waals surface area contributed by atoms with Gasteiger partial charge in [-0.1, -0.05) is 23.7 Å². The van der Waals surface area contributed by atoms with E-state index in [4.69, 9.17) is 21.4 Å². The Morgan fingerprint density at radius 2 is 1.80 bits per heavy atom. The zero-order valence-corrected chi connectivity index (χ0v) is 21.7. The van der Waals surface area contributed by atoms with Crippen LogP contribution in [0, 0.1) is 6.92 Å². The molecule has 1 aromatic carbocycles. The fourth-order valence-corrected chi connectivity index (χ4v) is 6.03. The Kier molecular flexibility index (Phi) is 6.91. The van der Waals surface area contributed by atoms with E-state index in [1.807, 2.05) is 36.6 Å². The zero-order valence-electron chi connectivity index (χ0n) is 20.9. The first-order valence-electron chi connectivity index (χ1n) is 12.9. The van der Waals surface area contributed by atoms with E-state index in [9.17, 15) is 9.59 Å². The summed E-state index contributed by atoms with van der Waals surface area (Å²) in [7, 11) is 0. The second kappa shape index (κ2) is 9.94. The van der Waals surface area contributed by atoms with Gasteiger partial charge in [0.15, 0.2) is 5.69 Å². The van der Waals surface area contributed by atoms with E-state index in [1.165, 1.54) is 5.56 Å². The lowest BCUT2D eigenvalue weighted by atomic mass is 9.88. The van der Waals surface area contributed by atoms with Crippen LogP contribution in [-0.4, -0.2) is 69.8 Å². The maximum atomic E-state index is 13.4. The third-order valence-corrected chi connectivity index (χ3v) is 8.13. The molecule has 0 bridgehead atoms. The number of halogens is 1. The van der Waals surface area contributed by atoms with Gasteiger partial charge in [0.2, 0.25) is 5.91 Å². The number of nitrogens with zero attached hydrogens (tertiary/aromatic N) is 4. The maximum absolute atomic E-state index is 13.4. The molecule has 8 heteroatoms. The summed E-state index contributed by atoms with van der Waals surface area (Å²) in [6, 6.07) is 6.25. The van der Waals surface area contributed by atoms with Crippen LogP contribution in [0.3, 0.4) is 0 Å². The third kappa shape index (κ3) is 4.98. The molecule has 1 aliphatic carbocycles. The highest BCUT2D eigenvalue weighted by atomic mass is 35.5. The standard InChI is InChI=1S/C27H35ClN4O3/c1-17-13-21(7-8-23(17)28)20-9-11-30(12-10-20)25(33)16-32-24-6-4-5-22(24)26(29-32)27(34)31-14-18(2)35-19(3)15-31/h7-8,13,18-20H,4-6,9-12,14-16H2,1-3H3/t18-,19+. The molecule has 0 spiro atoms. The van der Waals surface area contributed by atoms with Crippen molar-refractivity contribution >= 4 is 23.4 Å². The Labute approximate surface area is 212 Å². The predicted octanol–water partition coefficient (Wildman–Crippen LogP) is 3.99. The summed E-state index contributed by atoms with van der Waals surface area (Å²) in [6.07, 6.45) is 4.65. The van der Waals surface area contributed by atoms with Gasteiger partial charge in [0.05, 0.1) is 12.2 Å². The summed E-state index contributed by atoms with van der Waals surface area (Å²) in [6.45, 7) is 8.86. The van der Waals surface area contributed by atoms with E-state index in [1.54, 1.807) is 4.68 Å². The molecule has 188 valence electrons. The minimum atomic E-state index is -0.0320. The number of piperidine rings is 1. The number of likely N-dealkylation sites (tertiary alicyclic amines) is 1. The van der Waals surface area contributed by atoms with Crippen LogP contribution in [0.25, 0.3) is 0 Å². The Bertz CT molecular complexity index is 1110. The molecular formula is C27H35ClN4O3. The maximum Gasteiger partial charge on any atom is 0.274 e. The molecule has 2 amide bonds. The Morgan fingerprint density at radius 1 is 1.09 bits per heavy atom. The number of carbonyl (C=O) groups is 2. The van der Waals surface area contributed by atoms with Crippen LogP contribution in [-0.2, 0) is 28.9 Å². The average Bonchev–Trinajstić information content (AvgIpc) is 3.44. The number of morpholine rings is 1. The fourth-order valence-electron chi connectivity index (χ4n) is 5.92. The van der Waals surface area contributed by atoms with Gasteiger partial charge in [-0.05, 0) is 76.0 Å². The van der Waals surface area contributed by atoms with E-state index in [2.05, 4.69) is 12.1 Å². The molecule has 35 heavy (non-hydrogen) atoms. The number of carbonyl (C=O) groups excluding carboxylic acids is 2. The number of fused-ring (bicyclic) bond motifs is 1. The summed E-state index contributed by atoms with van der Waals surface area (Å²) in [5, 5.41) is 5.49. The van der Waals surface area contributed by atoms with Crippen molar-refractivity contribution in [1.29, 1.82) is 0 Å². The molecular weight excluding hydrogens is 464 g/mol. The van der Waals surface area contributed by atoms with E-state index < -0.39 is 0 Å². The Balaban J connectivity index is 1.25. The second-order valence-corrected chi connectivity index (χ2v) is 10.8. The summed E-state index contributed by atoms with van der Waals surface area (Å²) in [5.74, 6) is 0.502. The number of amides is 2. The summed E-state index contributed by atoms with van der Waals surface area (Å²) >= 11 is 6.19. The highest BCUT2D eigenvalue weighted by Gasteiger charge is 2.33. The van der Waals surface area contributed by atoms with Gasteiger partial charge in [0.1, 0.15) is 6.54 Å². The number of hydrogen-bond donors (Lipinski definition) is 0. The number of aromatic nitrogens is 2. The molecule has 0 radical (unpaired) electrons. The van der Waals surface area contributed by atoms with Crippen LogP contribution >= 0.6 is 11.6 Å². The molecule has 3 aliphatic rings. The van der Waals surface area contributed by atoms with Gasteiger partial charge in [-0.25, -0.2) is 0 Å². The van der Waals surface area contributed by atoms with Gasteiger partial charge in [-0.15, -0.1) is 0 Å². The van der Waals surface area contributed by atoms with Crippen LogP contribution in [0.5, 0.6) is 0 Å². The van der Waals surface area contributed by atoms with Crippen LogP contribution in [0.2, 0.25) is 5.02 Å². The first-order valence-corrected chi connectivity index (χ1v) is 13.2. The van der Waals surface area contributed by atoms with Crippen molar-refractivity contribution in [2.75, 3.05) is 26.2 Å². The van der Waals surface area contributed by atoms with Gasteiger partial charge in [-0.2, -0.15) is 5.10 Å². The predicted molar refractivity (Wildman–Crippen MR) is 135 cm³/mol. The van der Waals surface area contributed by atoms with Crippen LogP contribution in [0.15, 0.2) is 18.2 Å². The molecule has 2 aromatic rings. The number of aryl methyl sites for hydroxylation is 1. The molecule has 2 atom stereocenters. The van der Waals surface area contributed by atoms with Gasteiger partial charge >= 0.3 is 0 Å². The van der Waals surface area contributed by atoms with Gasteiger partial charge in [0, 0.05) is 42.5 Å². The fraction of sp³-hybridized carbons (Fsp3) is 0.593. The molecule has 7 nitrogen and oxygen atoms in total. The molecule has 3 heterocycles. The normalized spacial score (nSPS) is 23.0. The summed E-state index contributed by atoms with van der Waals surface area (Å²) in [5.41, 5.74) is 5.03. The molecule has 2 aliphatic heterocycles. The topological polar surface area (TPSA) is 67.7 Å². The minimum absolute atomic E-state index is 0.0131. The van der Waals surface area contributed by atoms with Crippen LogP contribution in [0.1, 0.15) is 71.9 Å². The highest BCUT2D eigenvalue weighted by Crippen LogP contribution is 2.31. The summed E-state index contributed by atoms with van der Waals surface area (Å²) < 4.78 is 7.60. The van der Waals surface area contributed by atoms with Crippen molar-refractivity contribution in [3.63, 3.8) is 0 Å². The minimum Gasteiger partial charge on any atom is -0.372 e. The Hall–Kier alpha value is -2.38. The van der Waals surface area contributed by atoms with E-state index in [0.29, 0.717) is 24.7 Å². The molecule has 2 saturated heterocycles. The molecule has 0 N–H and O–H groups in total. The number of hydrogen-bond acceptors (Lipinski definition) is 4. The molecule has 0 saturated carbocycles. The van der Waals surface area contributed by atoms with Crippen molar-refractivity contribution in [2.24, 2.45) is 0 Å². The van der Waals surface area contributed by atoms with Gasteiger partial charge in [-0.3, -0.25) is 14.3 Å². The first-order chi connectivity index (χ1) is 16.8. The van der Waals surface area contributed by atoms with E-state index in [0.717, 1.165) is 67.0 Å².